The van der Waals surface area contributed by atoms with E-state index in [9.17, 15) is 9.90 Å². The van der Waals surface area contributed by atoms with Crippen LogP contribution in [-0.4, -0.2) is 59.2 Å². The summed E-state index contributed by atoms with van der Waals surface area (Å²) in [5.74, 6) is -0.0396. The first-order valence-corrected chi connectivity index (χ1v) is 15.3. The molecule has 44 heavy (non-hydrogen) atoms. The molecule has 0 saturated carbocycles. The van der Waals surface area contributed by atoms with E-state index in [1.54, 1.807) is 4.68 Å². The molecule has 2 aliphatic heterocycles. The van der Waals surface area contributed by atoms with Gasteiger partial charge < -0.3 is 19.3 Å². The molecule has 8 nitrogen and oxygen atoms in total. The van der Waals surface area contributed by atoms with Crippen LogP contribution in [0.1, 0.15) is 57.6 Å². The number of hydrogen-bond donors (Lipinski definition) is 1. The van der Waals surface area contributed by atoms with Crippen LogP contribution >= 0.6 is 0 Å². The average molecular weight is 596 g/mol. The van der Waals surface area contributed by atoms with Crippen LogP contribution in [0.5, 0.6) is 11.6 Å². The summed E-state index contributed by atoms with van der Waals surface area (Å²) in [5, 5.41) is 14.0. The molecule has 8 heteroatoms. The van der Waals surface area contributed by atoms with Gasteiger partial charge in [0.25, 0.3) is 0 Å². The summed E-state index contributed by atoms with van der Waals surface area (Å²) in [5.41, 5.74) is 10.5. The zero-order chi connectivity index (χ0) is 31.0. The number of rotatable bonds is 10. The van der Waals surface area contributed by atoms with Crippen molar-refractivity contribution in [1.82, 2.24) is 14.7 Å². The van der Waals surface area contributed by atoms with Crippen LogP contribution in [0.15, 0.2) is 54.7 Å². The number of hydrogen-bond acceptors (Lipinski definition) is 6. The lowest BCUT2D eigenvalue weighted by Gasteiger charge is -2.43. The van der Waals surface area contributed by atoms with Crippen LogP contribution in [0.4, 0.5) is 0 Å². The van der Waals surface area contributed by atoms with E-state index in [0.29, 0.717) is 13.0 Å². The van der Waals surface area contributed by atoms with Gasteiger partial charge in [0.15, 0.2) is 0 Å². The SMILES string of the molecule is CCc1c(-c2cccc(C)c2OCc2cc(C)c3c(c2)CCN(CC2(C)COC2)C3)cccc1-n1ncc(C(=O)O)c1OC. The normalized spacial score (nSPS) is 15.8. The number of carboxylic acids is 1. The van der Waals surface area contributed by atoms with E-state index in [4.69, 9.17) is 14.2 Å². The van der Waals surface area contributed by atoms with Gasteiger partial charge in [-0.3, -0.25) is 4.90 Å². The molecule has 0 bridgehead atoms. The number of ether oxygens (including phenoxy) is 3. The third-order valence-electron chi connectivity index (χ3n) is 8.98. The van der Waals surface area contributed by atoms with E-state index in [1.807, 2.05) is 18.2 Å². The van der Waals surface area contributed by atoms with Crippen LogP contribution in [0.2, 0.25) is 0 Å². The number of carboxylic acid groups (broad SMARTS) is 1. The Morgan fingerprint density at radius 1 is 1.09 bits per heavy atom. The molecule has 1 fully saturated rings. The maximum atomic E-state index is 11.8. The second-order valence-electron chi connectivity index (χ2n) is 12.5. The van der Waals surface area contributed by atoms with Crippen molar-refractivity contribution in [2.45, 2.75) is 53.7 Å². The fourth-order valence-corrected chi connectivity index (χ4v) is 6.76. The van der Waals surface area contributed by atoms with Gasteiger partial charge in [0.2, 0.25) is 5.88 Å². The Morgan fingerprint density at radius 3 is 2.57 bits per heavy atom. The molecule has 4 aromatic rings. The summed E-state index contributed by atoms with van der Waals surface area (Å²) in [7, 11) is 1.46. The molecule has 0 radical (unpaired) electrons. The number of aromatic nitrogens is 2. The molecule has 230 valence electrons. The van der Waals surface area contributed by atoms with Gasteiger partial charge in [0.05, 0.1) is 32.2 Å². The monoisotopic (exact) mass is 595 g/mol. The smallest absolute Gasteiger partial charge is 0.342 e. The summed E-state index contributed by atoms with van der Waals surface area (Å²) in [4.78, 5) is 14.3. The summed E-state index contributed by atoms with van der Waals surface area (Å²) >= 11 is 0. The minimum absolute atomic E-state index is 0.0230. The van der Waals surface area contributed by atoms with E-state index in [1.165, 1.54) is 35.6 Å². The lowest BCUT2D eigenvalue weighted by molar-refractivity contribution is -0.116. The zero-order valence-electron chi connectivity index (χ0n) is 26.3. The van der Waals surface area contributed by atoms with Gasteiger partial charge in [0.1, 0.15) is 17.9 Å². The zero-order valence-corrected chi connectivity index (χ0v) is 26.3. The minimum atomic E-state index is -1.08. The lowest BCUT2D eigenvalue weighted by atomic mass is 9.86. The Bertz CT molecular complexity index is 1700. The van der Waals surface area contributed by atoms with Crippen molar-refractivity contribution in [3.05, 3.63) is 93.7 Å². The van der Waals surface area contributed by atoms with Gasteiger partial charge in [-0.1, -0.05) is 56.3 Å². The Balaban J connectivity index is 1.28. The first-order valence-electron chi connectivity index (χ1n) is 15.3. The van der Waals surface area contributed by atoms with Gasteiger partial charge in [-0.25, -0.2) is 9.48 Å². The highest BCUT2D eigenvalue weighted by atomic mass is 16.5. The topological polar surface area (TPSA) is 86.1 Å². The number of aromatic carboxylic acids is 1. The highest BCUT2D eigenvalue weighted by Gasteiger charge is 2.36. The number of aryl methyl sites for hydroxylation is 2. The van der Waals surface area contributed by atoms with Crippen LogP contribution in [0, 0.1) is 19.3 Å². The van der Waals surface area contributed by atoms with Crippen LogP contribution in [0.3, 0.4) is 0 Å². The number of para-hydroxylation sites is 1. The van der Waals surface area contributed by atoms with Crippen LogP contribution in [0.25, 0.3) is 16.8 Å². The maximum Gasteiger partial charge on any atom is 0.342 e. The molecule has 0 unspecified atom stereocenters. The third-order valence-corrected chi connectivity index (χ3v) is 8.98. The van der Waals surface area contributed by atoms with Gasteiger partial charge in [0, 0.05) is 30.6 Å². The minimum Gasteiger partial charge on any atom is -0.488 e. The standard InChI is InChI=1S/C36H41N3O5/c1-6-27-28(10-8-12-32(27)39-34(42-5)30(17-37-39)35(40)41)29-11-7-9-23(2)33(29)44-19-25-15-24(3)31-18-38(14-13-26(31)16-25)20-36(4)21-43-22-36/h7-12,15-17H,6,13-14,18-22H2,1-5H3,(H,40,41). The van der Waals surface area contributed by atoms with Gasteiger partial charge in [-0.05, 0) is 71.7 Å². The molecule has 0 aliphatic carbocycles. The highest BCUT2D eigenvalue weighted by Crippen LogP contribution is 2.39. The van der Waals surface area contributed by atoms with E-state index in [2.05, 4.69) is 68.0 Å². The van der Waals surface area contributed by atoms with Crippen molar-refractivity contribution in [3.8, 4) is 28.4 Å². The van der Waals surface area contributed by atoms with Gasteiger partial charge >= 0.3 is 5.97 Å². The third kappa shape index (κ3) is 5.60. The predicted molar refractivity (Wildman–Crippen MR) is 170 cm³/mol. The fourth-order valence-electron chi connectivity index (χ4n) is 6.76. The summed E-state index contributed by atoms with van der Waals surface area (Å²) in [6, 6.07) is 16.8. The van der Waals surface area contributed by atoms with E-state index in [-0.39, 0.29) is 16.9 Å². The number of methoxy groups -OCH3 is 1. The van der Waals surface area contributed by atoms with Gasteiger partial charge in [-0.15, -0.1) is 0 Å². The molecule has 3 heterocycles. The molecule has 0 amide bonds. The van der Waals surface area contributed by atoms with Crippen molar-refractivity contribution >= 4 is 5.97 Å². The van der Waals surface area contributed by atoms with E-state index >= 15 is 0 Å². The van der Waals surface area contributed by atoms with Crippen LogP contribution in [-0.2, 0) is 30.7 Å². The number of fused-ring (bicyclic) bond motifs is 1. The van der Waals surface area contributed by atoms with E-state index < -0.39 is 5.97 Å². The number of benzene rings is 3. The summed E-state index contributed by atoms with van der Waals surface area (Å²) in [6.45, 7) is 14.0. The van der Waals surface area contributed by atoms with Crippen molar-refractivity contribution in [2.24, 2.45) is 5.41 Å². The molecular formula is C36H41N3O5. The molecule has 2 aliphatic rings. The Kier molecular flexibility index (Phi) is 8.22. The van der Waals surface area contributed by atoms with Crippen molar-refractivity contribution in [1.29, 1.82) is 0 Å². The summed E-state index contributed by atoms with van der Waals surface area (Å²) in [6.07, 6.45) is 3.08. The Hall–Kier alpha value is -4.14. The maximum absolute atomic E-state index is 11.8. The average Bonchev–Trinajstić information content (AvgIpc) is 3.44. The van der Waals surface area contributed by atoms with Crippen molar-refractivity contribution in [2.75, 3.05) is 33.4 Å². The Morgan fingerprint density at radius 2 is 1.86 bits per heavy atom. The Labute approximate surface area is 259 Å². The van der Waals surface area contributed by atoms with Gasteiger partial charge in [-0.2, -0.15) is 5.10 Å². The quantitative estimate of drug-likeness (QED) is 0.227. The molecule has 0 spiro atoms. The van der Waals surface area contributed by atoms with E-state index in [0.717, 1.165) is 73.0 Å². The number of nitrogens with zero attached hydrogens (tertiary/aromatic N) is 3. The predicted octanol–water partition coefficient (Wildman–Crippen LogP) is 6.40. The molecule has 3 aromatic carbocycles. The fraction of sp³-hybridized carbons (Fsp3) is 0.389. The largest absolute Gasteiger partial charge is 0.488 e. The second kappa shape index (κ2) is 12.1. The van der Waals surface area contributed by atoms with Crippen LogP contribution < -0.4 is 9.47 Å². The molecule has 1 aromatic heterocycles. The van der Waals surface area contributed by atoms with Crippen molar-refractivity contribution in [3.63, 3.8) is 0 Å². The lowest BCUT2D eigenvalue weighted by Crippen LogP contribution is -2.49. The molecular weight excluding hydrogens is 554 g/mol. The number of carbonyl (C=O) groups is 1. The second-order valence-corrected chi connectivity index (χ2v) is 12.5. The molecule has 1 saturated heterocycles. The molecule has 0 atom stereocenters. The van der Waals surface area contributed by atoms with Crippen molar-refractivity contribution < 1.29 is 24.1 Å². The highest BCUT2D eigenvalue weighted by molar-refractivity contribution is 5.90. The summed E-state index contributed by atoms with van der Waals surface area (Å²) < 4.78 is 19.2. The first kappa shape index (κ1) is 29.9. The molecule has 6 rings (SSSR count). The molecule has 1 N–H and O–H groups in total. The first-order chi connectivity index (χ1) is 21.2.